The fourth-order valence-corrected chi connectivity index (χ4v) is 2.96. The predicted octanol–water partition coefficient (Wildman–Crippen LogP) is 2.42. The molecule has 0 aromatic carbocycles. The fourth-order valence-electron chi connectivity index (χ4n) is 2.96. The van der Waals surface area contributed by atoms with Gasteiger partial charge < -0.3 is 5.32 Å². The first-order chi connectivity index (χ1) is 9.33. The lowest BCUT2D eigenvalue weighted by molar-refractivity contribution is 0.0452. The van der Waals surface area contributed by atoms with E-state index in [4.69, 9.17) is 0 Å². The van der Waals surface area contributed by atoms with E-state index in [9.17, 15) is 0 Å². The van der Waals surface area contributed by atoms with Crippen LogP contribution in [0.25, 0.3) is 0 Å². The number of hydrogen-bond acceptors (Lipinski definition) is 3. The second-order valence-corrected chi connectivity index (χ2v) is 7.02. The van der Waals surface area contributed by atoms with Crippen molar-refractivity contribution >= 4 is 0 Å². The van der Waals surface area contributed by atoms with Gasteiger partial charge in [-0.2, -0.15) is 5.10 Å². The minimum Gasteiger partial charge on any atom is -0.311 e. The number of nitrogens with zero attached hydrogens (tertiary/aromatic N) is 3. The van der Waals surface area contributed by atoms with Crippen LogP contribution in [0.2, 0.25) is 0 Å². The molecule has 4 nitrogen and oxygen atoms in total. The Kier molecular flexibility index (Phi) is 4.55. The Labute approximate surface area is 123 Å². The van der Waals surface area contributed by atoms with Gasteiger partial charge in [0.15, 0.2) is 0 Å². The summed E-state index contributed by atoms with van der Waals surface area (Å²) in [6.07, 6.45) is 0. The molecule has 0 radical (unpaired) electrons. The maximum Gasteiger partial charge on any atom is 0.0597 e. The standard InChI is InChI=1S/C16H30N4/c1-7-20-14(8-13(4)18-20)9-19-10-15(12(2)3)17-11-16(19,5)6/h8,12,15,17H,7,9-11H2,1-6H3. The highest BCUT2D eigenvalue weighted by Gasteiger charge is 2.35. The van der Waals surface area contributed by atoms with Crippen molar-refractivity contribution in [1.29, 1.82) is 0 Å². The van der Waals surface area contributed by atoms with Crippen molar-refractivity contribution in [2.45, 2.75) is 66.2 Å². The van der Waals surface area contributed by atoms with E-state index in [1.165, 1.54) is 5.69 Å². The Bertz CT molecular complexity index is 447. The maximum absolute atomic E-state index is 4.57. The zero-order valence-electron chi connectivity index (χ0n) is 13.9. The van der Waals surface area contributed by atoms with Crippen LogP contribution in [0, 0.1) is 12.8 Å². The maximum atomic E-state index is 4.57. The van der Waals surface area contributed by atoms with Crippen molar-refractivity contribution in [1.82, 2.24) is 20.0 Å². The van der Waals surface area contributed by atoms with Crippen molar-refractivity contribution in [3.8, 4) is 0 Å². The predicted molar refractivity (Wildman–Crippen MR) is 83.8 cm³/mol. The monoisotopic (exact) mass is 278 g/mol. The van der Waals surface area contributed by atoms with Gasteiger partial charge in [-0.05, 0) is 39.7 Å². The SMILES string of the molecule is CCn1nc(C)cc1CN1CC(C(C)C)NCC1(C)C. The largest absolute Gasteiger partial charge is 0.311 e. The van der Waals surface area contributed by atoms with Gasteiger partial charge in [-0.25, -0.2) is 0 Å². The van der Waals surface area contributed by atoms with Gasteiger partial charge in [-0.15, -0.1) is 0 Å². The molecule has 0 aliphatic carbocycles. The van der Waals surface area contributed by atoms with E-state index in [1.54, 1.807) is 0 Å². The van der Waals surface area contributed by atoms with Gasteiger partial charge in [0, 0.05) is 37.8 Å². The number of aromatic nitrogens is 2. The van der Waals surface area contributed by atoms with Gasteiger partial charge >= 0.3 is 0 Å². The quantitative estimate of drug-likeness (QED) is 0.918. The zero-order chi connectivity index (χ0) is 14.9. The number of hydrogen-bond donors (Lipinski definition) is 1. The van der Waals surface area contributed by atoms with Crippen LogP contribution in [0.15, 0.2) is 6.07 Å². The van der Waals surface area contributed by atoms with Crippen molar-refractivity contribution in [2.75, 3.05) is 13.1 Å². The van der Waals surface area contributed by atoms with E-state index in [2.05, 4.69) is 67.6 Å². The number of aryl methyl sites for hydroxylation is 2. The van der Waals surface area contributed by atoms with E-state index < -0.39 is 0 Å². The molecule has 1 aliphatic heterocycles. The highest BCUT2D eigenvalue weighted by atomic mass is 15.3. The van der Waals surface area contributed by atoms with Crippen LogP contribution >= 0.6 is 0 Å². The highest BCUT2D eigenvalue weighted by molar-refractivity contribution is 5.10. The first-order valence-electron chi connectivity index (χ1n) is 7.85. The molecule has 1 aliphatic rings. The van der Waals surface area contributed by atoms with Gasteiger partial charge in [-0.1, -0.05) is 13.8 Å². The normalized spacial score (nSPS) is 23.4. The summed E-state index contributed by atoms with van der Waals surface area (Å²) in [4.78, 5) is 2.61. The molecule has 1 unspecified atom stereocenters. The van der Waals surface area contributed by atoms with Crippen molar-refractivity contribution in [2.24, 2.45) is 5.92 Å². The average Bonchev–Trinajstić information content (AvgIpc) is 2.71. The van der Waals surface area contributed by atoms with Gasteiger partial charge in [0.2, 0.25) is 0 Å². The first-order valence-corrected chi connectivity index (χ1v) is 7.85. The molecule has 0 saturated carbocycles. The summed E-state index contributed by atoms with van der Waals surface area (Å²) in [5.74, 6) is 0.673. The third-order valence-electron chi connectivity index (χ3n) is 4.51. The second-order valence-electron chi connectivity index (χ2n) is 7.02. The summed E-state index contributed by atoms with van der Waals surface area (Å²) >= 11 is 0. The highest BCUT2D eigenvalue weighted by Crippen LogP contribution is 2.24. The molecule has 1 aromatic heterocycles. The van der Waals surface area contributed by atoms with Gasteiger partial charge in [0.25, 0.3) is 0 Å². The van der Waals surface area contributed by atoms with Crippen LogP contribution in [-0.2, 0) is 13.1 Å². The van der Waals surface area contributed by atoms with E-state index >= 15 is 0 Å². The fraction of sp³-hybridized carbons (Fsp3) is 0.812. The van der Waals surface area contributed by atoms with Crippen molar-refractivity contribution in [3.05, 3.63) is 17.5 Å². The van der Waals surface area contributed by atoms with Crippen LogP contribution in [-0.4, -0.2) is 39.4 Å². The third kappa shape index (κ3) is 3.23. The summed E-state index contributed by atoms with van der Waals surface area (Å²) in [5, 5.41) is 8.27. The van der Waals surface area contributed by atoms with Gasteiger partial charge in [-0.3, -0.25) is 9.58 Å². The Balaban J connectivity index is 2.15. The van der Waals surface area contributed by atoms with Gasteiger partial charge in [0.1, 0.15) is 0 Å². The van der Waals surface area contributed by atoms with E-state index in [1.807, 2.05) is 0 Å². The van der Waals surface area contributed by atoms with Crippen LogP contribution in [0.4, 0.5) is 0 Å². The van der Waals surface area contributed by atoms with E-state index in [0.717, 1.165) is 31.9 Å². The van der Waals surface area contributed by atoms with Crippen molar-refractivity contribution in [3.63, 3.8) is 0 Å². The number of rotatable bonds is 4. The lowest BCUT2D eigenvalue weighted by Crippen LogP contribution is -2.62. The molecule has 1 fully saturated rings. The summed E-state index contributed by atoms with van der Waals surface area (Å²) in [6.45, 7) is 17.6. The summed E-state index contributed by atoms with van der Waals surface area (Å²) in [5.41, 5.74) is 2.65. The summed E-state index contributed by atoms with van der Waals surface area (Å²) in [6, 6.07) is 2.81. The van der Waals surface area contributed by atoms with Crippen LogP contribution in [0.5, 0.6) is 0 Å². The molecule has 1 saturated heterocycles. The second kappa shape index (κ2) is 5.86. The molecule has 4 heteroatoms. The van der Waals surface area contributed by atoms with Crippen LogP contribution in [0.1, 0.15) is 46.0 Å². The summed E-state index contributed by atoms with van der Waals surface area (Å²) in [7, 11) is 0. The molecule has 0 spiro atoms. The smallest absolute Gasteiger partial charge is 0.0597 e. The lowest BCUT2D eigenvalue weighted by Gasteiger charge is -2.47. The van der Waals surface area contributed by atoms with E-state index in [-0.39, 0.29) is 5.54 Å². The minimum absolute atomic E-state index is 0.197. The molecule has 0 amide bonds. The molecule has 114 valence electrons. The van der Waals surface area contributed by atoms with Crippen LogP contribution < -0.4 is 5.32 Å². The Morgan fingerprint density at radius 1 is 1.45 bits per heavy atom. The van der Waals surface area contributed by atoms with Gasteiger partial charge in [0.05, 0.1) is 11.4 Å². The molecule has 1 N–H and O–H groups in total. The molecule has 1 atom stereocenters. The minimum atomic E-state index is 0.197. The van der Waals surface area contributed by atoms with Crippen molar-refractivity contribution < 1.29 is 0 Å². The zero-order valence-corrected chi connectivity index (χ0v) is 13.9. The lowest BCUT2D eigenvalue weighted by atomic mass is 9.92. The Hall–Kier alpha value is -0.870. The van der Waals surface area contributed by atoms with Crippen LogP contribution in [0.3, 0.4) is 0 Å². The molecule has 2 heterocycles. The molecular formula is C16H30N4. The summed E-state index contributed by atoms with van der Waals surface area (Å²) < 4.78 is 2.14. The number of piperazine rings is 1. The number of nitrogens with one attached hydrogen (secondary N) is 1. The van der Waals surface area contributed by atoms with E-state index in [0.29, 0.717) is 12.0 Å². The molecule has 1 aromatic rings. The molecule has 0 bridgehead atoms. The molecule has 2 rings (SSSR count). The molecule has 20 heavy (non-hydrogen) atoms. The molecular weight excluding hydrogens is 248 g/mol. The average molecular weight is 278 g/mol. The Morgan fingerprint density at radius 3 is 2.75 bits per heavy atom. The third-order valence-corrected chi connectivity index (χ3v) is 4.51. The first kappa shape index (κ1) is 15.5. The topological polar surface area (TPSA) is 33.1 Å². The Morgan fingerprint density at radius 2 is 2.15 bits per heavy atom.